The summed E-state index contributed by atoms with van der Waals surface area (Å²) in [6, 6.07) is 12.8. The van der Waals surface area contributed by atoms with Crippen LogP contribution in [0.2, 0.25) is 0 Å². The molecule has 3 aromatic rings. The predicted octanol–water partition coefficient (Wildman–Crippen LogP) is 4.81. The lowest BCUT2D eigenvalue weighted by molar-refractivity contribution is 0.262. The molecule has 2 N–H and O–H groups in total. The number of rotatable bonds is 4. The molecule has 2 aromatic carbocycles. The number of carbonyl (C=O) groups excluding carboxylic acids is 1. The summed E-state index contributed by atoms with van der Waals surface area (Å²) in [4.78, 5) is 12.3. The number of aryl methyl sites for hydroxylation is 2. The number of nitrogens with one attached hydrogen (secondary N) is 2. The summed E-state index contributed by atoms with van der Waals surface area (Å²) in [5.74, 6) is 0.693. The van der Waals surface area contributed by atoms with Gasteiger partial charge in [0.2, 0.25) is 0 Å². The van der Waals surface area contributed by atoms with Crippen molar-refractivity contribution < 1.29 is 9.53 Å². The van der Waals surface area contributed by atoms with E-state index in [0.717, 1.165) is 27.0 Å². The number of carbonyl (C=O) groups is 1. The van der Waals surface area contributed by atoms with E-state index in [0.29, 0.717) is 11.4 Å². The molecule has 1 aromatic heterocycles. The lowest BCUT2D eigenvalue weighted by atomic mass is 10.1. The fraction of sp³-hybridized carbons (Fsp3) is 0.158. The van der Waals surface area contributed by atoms with Crippen molar-refractivity contribution in [3.63, 3.8) is 0 Å². The molecule has 0 aliphatic carbocycles. The normalized spacial score (nSPS) is 10.5. The summed E-state index contributed by atoms with van der Waals surface area (Å²) in [6.07, 6.45) is 1.72. The van der Waals surface area contributed by atoms with E-state index >= 15 is 0 Å². The first-order valence-corrected chi connectivity index (χ1v) is 8.78. The third-order valence-electron chi connectivity index (χ3n) is 3.88. The van der Waals surface area contributed by atoms with E-state index in [4.69, 9.17) is 4.74 Å². The first-order chi connectivity index (χ1) is 12.5. The quantitative estimate of drug-likeness (QED) is 0.643. The monoisotopic (exact) mass is 414 g/mol. The van der Waals surface area contributed by atoms with E-state index < -0.39 is 0 Å². The Labute approximate surface area is 160 Å². The van der Waals surface area contributed by atoms with Gasteiger partial charge in [-0.2, -0.15) is 5.10 Å². The number of anilines is 2. The molecule has 0 radical (unpaired) electrons. The fourth-order valence-corrected chi connectivity index (χ4v) is 3.26. The van der Waals surface area contributed by atoms with Gasteiger partial charge in [-0.3, -0.25) is 4.68 Å². The van der Waals surface area contributed by atoms with Gasteiger partial charge >= 0.3 is 6.03 Å². The standard InChI is InChI=1S/C19H19BrN4O2/c1-12-5-4-6-13(9-12)22-19(25)23-14-7-8-17(26-3)15(10-14)18-16(20)11-21-24(18)2/h4-11H,1-3H3,(H2,22,23,25). The zero-order valence-electron chi connectivity index (χ0n) is 14.7. The predicted molar refractivity (Wildman–Crippen MR) is 107 cm³/mol. The number of methoxy groups -OCH3 is 1. The molecule has 2 amide bonds. The highest BCUT2D eigenvalue weighted by atomic mass is 79.9. The second kappa shape index (κ2) is 7.61. The maximum Gasteiger partial charge on any atom is 0.323 e. The minimum absolute atomic E-state index is 0.309. The number of hydrogen-bond donors (Lipinski definition) is 2. The van der Waals surface area contributed by atoms with Crippen molar-refractivity contribution in [2.24, 2.45) is 7.05 Å². The highest BCUT2D eigenvalue weighted by Gasteiger charge is 2.15. The van der Waals surface area contributed by atoms with Crippen LogP contribution in [0, 0.1) is 6.92 Å². The average molecular weight is 415 g/mol. The topological polar surface area (TPSA) is 68.2 Å². The molecule has 6 nitrogen and oxygen atoms in total. The van der Waals surface area contributed by atoms with E-state index in [2.05, 4.69) is 31.7 Å². The number of ether oxygens (including phenoxy) is 1. The largest absolute Gasteiger partial charge is 0.496 e. The van der Waals surface area contributed by atoms with Crippen molar-refractivity contribution in [3.8, 4) is 17.0 Å². The molecule has 0 aliphatic heterocycles. The van der Waals surface area contributed by atoms with Gasteiger partial charge in [0, 0.05) is 24.0 Å². The Morgan fingerprint density at radius 3 is 2.50 bits per heavy atom. The van der Waals surface area contributed by atoms with Crippen molar-refractivity contribution >= 4 is 33.3 Å². The zero-order valence-corrected chi connectivity index (χ0v) is 16.3. The molecule has 26 heavy (non-hydrogen) atoms. The summed E-state index contributed by atoms with van der Waals surface area (Å²) in [7, 11) is 3.46. The Morgan fingerprint density at radius 1 is 1.15 bits per heavy atom. The summed E-state index contributed by atoms with van der Waals surface area (Å²) in [5, 5.41) is 9.92. The number of amides is 2. The molecule has 0 saturated heterocycles. The number of benzene rings is 2. The smallest absolute Gasteiger partial charge is 0.323 e. The Balaban J connectivity index is 1.85. The van der Waals surface area contributed by atoms with Gasteiger partial charge in [-0.25, -0.2) is 4.79 Å². The van der Waals surface area contributed by atoms with E-state index in [9.17, 15) is 4.79 Å². The number of nitrogens with zero attached hydrogens (tertiary/aromatic N) is 2. The molecule has 0 bridgehead atoms. The summed E-state index contributed by atoms with van der Waals surface area (Å²) in [6.45, 7) is 1.98. The van der Waals surface area contributed by atoms with Gasteiger partial charge in [-0.05, 0) is 58.7 Å². The molecular weight excluding hydrogens is 396 g/mol. The molecule has 0 atom stereocenters. The van der Waals surface area contributed by atoms with Gasteiger partial charge in [0.1, 0.15) is 5.75 Å². The van der Waals surface area contributed by atoms with Crippen LogP contribution in [-0.2, 0) is 7.05 Å². The molecule has 0 unspecified atom stereocenters. The van der Waals surface area contributed by atoms with Crippen LogP contribution in [0.25, 0.3) is 11.3 Å². The van der Waals surface area contributed by atoms with Crippen LogP contribution < -0.4 is 15.4 Å². The Kier molecular flexibility index (Phi) is 5.27. The summed E-state index contributed by atoms with van der Waals surface area (Å²) < 4.78 is 8.05. The molecule has 0 spiro atoms. The van der Waals surface area contributed by atoms with E-state index in [-0.39, 0.29) is 6.03 Å². The van der Waals surface area contributed by atoms with Crippen molar-refractivity contribution in [1.82, 2.24) is 9.78 Å². The van der Waals surface area contributed by atoms with Gasteiger partial charge in [0.05, 0.1) is 23.5 Å². The zero-order chi connectivity index (χ0) is 18.7. The Morgan fingerprint density at radius 2 is 1.88 bits per heavy atom. The molecular formula is C19H19BrN4O2. The summed E-state index contributed by atoms with van der Waals surface area (Å²) in [5.41, 5.74) is 4.16. The molecule has 1 heterocycles. The maximum absolute atomic E-state index is 12.3. The molecule has 0 saturated carbocycles. The first-order valence-electron chi connectivity index (χ1n) is 7.98. The van der Waals surface area contributed by atoms with Gasteiger partial charge in [-0.15, -0.1) is 0 Å². The van der Waals surface area contributed by atoms with Crippen molar-refractivity contribution in [1.29, 1.82) is 0 Å². The number of aromatic nitrogens is 2. The first kappa shape index (κ1) is 18.0. The molecule has 0 aliphatic rings. The third-order valence-corrected chi connectivity index (χ3v) is 4.46. The summed E-state index contributed by atoms with van der Waals surface area (Å²) >= 11 is 3.51. The molecule has 3 rings (SSSR count). The van der Waals surface area contributed by atoms with Crippen molar-refractivity contribution in [2.45, 2.75) is 6.92 Å². The number of hydrogen-bond acceptors (Lipinski definition) is 3. The van der Waals surface area contributed by atoms with Crippen LogP contribution in [0.5, 0.6) is 5.75 Å². The van der Waals surface area contributed by atoms with Crippen molar-refractivity contribution in [3.05, 3.63) is 58.7 Å². The lowest BCUT2D eigenvalue weighted by Gasteiger charge is -2.13. The number of urea groups is 1. The van der Waals surface area contributed by atoms with Gasteiger partial charge in [-0.1, -0.05) is 12.1 Å². The highest BCUT2D eigenvalue weighted by Crippen LogP contribution is 2.36. The van der Waals surface area contributed by atoms with Gasteiger partial charge < -0.3 is 15.4 Å². The van der Waals surface area contributed by atoms with Crippen LogP contribution in [0.1, 0.15) is 5.56 Å². The highest BCUT2D eigenvalue weighted by molar-refractivity contribution is 9.10. The second-order valence-electron chi connectivity index (χ2n) is 5.83. The fourth-order valence-electron chi connectivity index (χ4n) is 2.70. The second-order valence-corrected chi connectivity index (χ2v) is 6.68. The van der Waals surface area contributed by atoms with E-state index in [1.165, 1.54) is 0 Å². The van der Waals surface area contributed by atoms with Gasteiger partial charge in [0.25, 0.3) is 0 Å². The molecule has 134 valence electrons. The Bertz CT molecular complexity index is 933. The van der Waals surface area contributed by atoms with Gasteiger partial charge in [0.15, 0.2) is 0 Å². The SMILES string of the molecule is COc1ccc(NC(=O)Nc2cccc(C)c2)cc1-c1c(Br)cnn1C. The minimum atomic E-state index is -0.309. The third kappa shape index (κ3) is 3.88. The number of halogens is 1. The minimum Gasteiger partial charge on any atom is -0.496 e. The van der Waals surface area contributed by atoms with Crippen LogP contribution in [0.15, 0.2) is 53.1 Å². The lowest BCUT2D eigenvalue weighted by Crippen LogP contribution is -2.19. The molecule has 7 heteroatoms. The Hall–Kier alpha value is -2.80. The van der Waals surface area contributed by atoms with Crippen LogP contribution >= 0.6 is 15.9 Å². The average Bonchev–Trinajstić information content (AvgIpc) is 2.93. The van der Waals surface area contributed by atoms with E-state index in [1.54, 1.807) is 24.1 Å². The van der Waals surface area contributed by atoms with Crippen molar-refractivity contribution in [2.75, 3.05) is 17.7 Å². The van der Waals surface area contributed by atoms with Crippen LogP contribution in [0.4, 0.5) is 16.2 Å². The molecule has 0 fully saturated rings. The maximum atomic E-state index is 12.3. The van der Waals surface area contributed by atoms with Crippen LogP contribution in [0.3, 0.4) is 0 Å². The van der Waals surface area contributed by atoms with Crippen LogP contribution in [-0.4, -0.2) is 22.9 Å². The van der Waals surface area contributed by atoms with E-state index in [1.807, 2.05) is 50.4 Å².